The molecule has 5 nitrogen and oxygen atoms in total. The number of carbonyl (C=O) groups excluding carboxylic acids is 2. The molecule has 2 unspecified atom stereocenters. The van der Waals surface area contributed by atoms with Crippen LogP contribution in [0.15, 0.2) is 30.3 Å². The number of benzene rings is 1. The fourth-order valence-corrected chi connectivity index (χ4v) is 2.22. The molecule has 1 amide bonds. The van der Waals surface area contributed by atoms with Crippen LogP contribution in [-0.4, -0.2) is 25.5 Å². The van der Waals surface area contributed by atoms with E-state index in [9.17, 15) is 9.59 Å². The minimum Gasteiger partial charge on any atom is -0.469 e. The van der Waals surface area contributed by atoms with Gasteiger partial charge in [0.1, 0.15) is 0 Å². The SMILES string of the molecule is COC(=O)C1CC1C(=O)N(CCC#N)c1ccccc1. The van der Waals surface area contributed by atoms with E-state index >= 15 is 0 Å². The molecule has 0 radical (unpaired) electrons. The summed E-state index contributed by atoms with van der Waals surface area (Å²) < 4.78 is 4.66. The fraction of sp³-hybridized carbons (Fsp3) is 0.400. The molecule has 0 saturated heterocycles. The molecule has 5 heteroatoms. The highest BCUT2D eigenvalue weighted by Crippen LogP contribution is 2.41. The molecule has 104 valence electrons. The van der Waals surface area contributed by atoms with Gasteiger partial charge in [0.05, 0.1) is 31.4 Å². The topological polar surface area (TPSA) is 70.4 Å². The molecule has 1 aliphatic carbocycles. The fourth-order valence-electron chi connectivity index (χ4n) is 2.22. The average molecular weight is 272 g/mol. The Hall–Kier alpha value is -2.35. The number of amides is 1. The number of nitriles is 1. The molecular weight excluding hydrogens is 256 g/mol. The molecule has 0 bridgehead atoms. The molecule has 0 heterocycles. The molecule has 1 aromatic carbocycles. The maximum Gasteiger partial charge on any atom is 0.309 e. The first-order valence-corrected chi connectivity index (χ1v) is 6.50. The van der Waals surface area contributed by atoms with Gasteiger partial charge in [-0.2, -0.15) is 5.26 Å². The second-order valence-electron chi connectivity index (χ2n) is 4.71. The third-order valence-electron chi connectivity index (χ3n) is 3.39. The van der Waals surface area contributed by atoms with Crippen LogP contribution in [0.5, 0.6) is 0 Å². The van der Waals surface area contributed by atoms with Crippen LogP contribution in [0.25, 0.3) is 0 Å². The smallest absolute Gasteiger partial charge is 0.309 e. The van der Waals surface area contributed by atoms with Crippen LogP contribution in [0.1, 0.15) is 12.8 Å². The number of esters is 1. The predicted octanol–water partition coefficient (Wildman–Crippen LogP) is 1.74. The largest absolute Gasteiger partial charge is 0.469 e. The molecule has 1 saturated carbocycles. The van der Waals surface area contributed by atoms with Crippen molar-refractivity contribution in [2.45, 2.75) is 12.8 Å². The van der Waals surface area contributed by atoms with E-state index in [0.717, 1.165) is 5.69 Å². The standard InChI is InChI=1S/C15H16N2O3/c1-20-15(19)13-10-12(13)14(18)17(9-5-8-16)11-6-3-2-4-7-11/h2-4,6-7,12-13H,5,9-10H2,1H3. The van der Waals surface area contributed by atoms with Crippen LogP contribution < -0.4 is 4.90 Å². The Morgan fingerprint density at radius 1 is 1.35 bits per heavy atom. The van der Waals surface area contributed by atoms with Crippen molar-refractivity contribution in [3.63, 3.8) is 0 Å². The van der Waals surface area contributed by atoms with Crippen LogP contribution in [0.4, 0.5) is 5.69 Å². The third kappa shape index (κ3) is 2.97. The lowest BCUT2D eigenvalue weighted by molar-refractivity contribution is -0.143. The van der Waals surface area contributed by atoms with Crippen molar-refractivity contribution in [3.05, 3.63) is 30.3 Å². The number of rotatable bonds is 5. The monoisotopic (exact) mass is 272 g/mol. The van der Waals surface area contributed by atoms with Gasteiger partial charge in [-0.15, -0.1) is 0 Å². The van der Waals surface area contributed by atoms with Gasteiger partial charge in [0.25, 0.3) is 0 Å². The van der Waals surface area contributed by atoms with E-state index in [0.29, 0.717) is 13.0 Å². The molecule has 0 aromatic heterocycles. The van der Waals surface area contributed by atoms with Crippen molar-refractivity contribution in [1.82, 2.24) is 0 Å². The summed E-state index contributed by atoms with van der Waals surface area (Å²) in [6.45, 7) is 0.337. The second kappa shape index (κ2) is 6.20. The second-order valence-corrected chi connectivity index (χ2v) is 4.71. The van der Waals surface area contributed by atoms with Gasteiger partial charge >= 0.3 is 5.97 Å². The molecule has 0 aliphatic heterocycles. The predicted molar refractivity (Wildman–Crippen MR) is 72.6 cm³/mol. The lowest BCUT2D eigenvalue weighted by Crippen LogP contribution is -2.34. The highest BCUT2D eigenvalue weighted by molar-refractivity contribution is 6.00. The van der Waals surface area contributed by atoms with Crippen molar-refractivity contribution >= 4 is 17.6 Å². The van der Waals surface area contributed by atoms with E-state index in [1.54, 1.807) is 4.90 Å². The Kier molecular flexibility index (Phi) is 4.36. The number of hydrogen-bond donors (Lipinski definition) is 0. The van der Waals surface area contributed by atoms with Crippen LogP contribution in [-0.2, 0) is 14.3 Å². The minimum atomic E-state index is -0.336. The van der Waals surface area contributed by atoms with Crippen molar-refractivity contribution in [2.24, 2.45) is 11.8 Å². The number of ether oxygens (including phenoxy) is 1. The summed E-state index contributed by atoms with van der Waals surface area (Å²) in [6.07, 6.45) is 0.789. The van der Waals surface area contributed by atoms with E-state index in [1.807, 2.05) is 36.4 Å². The van der Waals surface area contributed by atoms with E-state index in [2.05, 4.69) is 4.74 Å². The first-order valence-electron chi connectivity index (χ1n) is 6.50. The number of nitrogens with zero attached hydrogens (tertiary/aromatic N) is 2. The summed E-state index contributed by atoms with van der Waals surface area (Å²) in [7, 11) is 1.33. The zero-order chi connectivity index (χ0) is 14.5. The van der Waals surface area contributed by atoms with Gasteiger partial charge in [-0.1, -0.05) is 18.2 Å². The molecule has 1 fully saturated rings. The van der Waals surface area contributed by atoms with Crippen LogP contribution in [0.3, 0.4) is 0 Å². The van der Waals surface area contributed by atoms with E-state index in [4.69, 9.17) is 5.26 Å². The summed E-state index contributed by atoms with van der Waals surface area (Å²) in [5, 5.41) is 8.71. The Labute approximate surface area is 117 Å². The first kappa shape index (κ1) is 14.1. The summed E-state index contributed by atoms with van der Waals surface area (Å²) in [5.41, 5.74) is 0.753. The average Bonchev–Trinajstić information content (AvgIpc) is 3.28. The molecule has 2 atom stereocenters. The normalized spacial score (nSPS) is 19.8. The summed E-state index contributed by atoms with van der Waals surface area (Å²) in [5.74, 6) is -1.10. The van der Waals surface area contributed by atoms with Crippen LogP contribution in [0, 0.1) is 23.2 Å². The lowest BCUT2D eigenvalue weighted by atomic mass is 10.2. The Balaban J connectivity index is 2.10. The Morgan fingerprint density at radius 2 is 2.05 bits per heavy atom. The van der Waals surface area contributed by atoms with Gasteiger partial charge in [0.2, 0.25) is 5.91 Å². The van der Waals surface area contributed by atoms with E-state index < -0.39 is 0 Å². The molecule has 0 spiro atoms. The number of anilines is 1. The highest BCUT2D eigenvalue weighted by atomic mass is 16.5. The quantitative estimate of drug-likeness (QED) is 0.765. The van der Waals surface area contributed by atoms with Crippen LogP contribution in [0.2, 0.25) is 0 Å². The molecule has 1 aromatic rings. The minimum absolute atomic E-state index is 0.109. The van der Waals surface area contributed by atoms with Crippen LogP contribution >= 0.6 is 0 Å². The van der Waals surface area contributed by atoms with Gasteiger partial charge in [0, 0.05) is 12.2 Å². The zero-order valence-corrected chi connectivity index (χ0v) is 11.3. The molecule has 0 N–H and O–H groups in total. The number of carbonyl (C=O) groups is 2. The van der Waals surface area contributed by atoms with Gasteiger partial charge in [-0.05, 0) is 18.6 Å². The lowest BCUT2D eigenvalue weighted by Gasteiger charge is -2.21. The molecule has 2 rings (SSSR count). The maximum atomic E-state index is 12.5. The van der Waals surface area contributed by atoms with Gasteiger partial charge in [0.15, 0.2) is 0 Å². The number of hydrogen-bond acceptors (Lipinski definition) is 4. The molecule has 20 heavy (non-hydrogen) atoms. The molecular formula is C15H16N2O3. The third-order valence-corrected chi connectivity index (χ3v) is 3.39. The summed E-state index contributed by atoms with van der Waals surface area (Å²) >= 11 is 0. The maximum absolute atomic E-state index is 12.5. The van der Waals surface area contributed by atoms with Gasteiger partial charge < -0.3 is 9.64 Å². The zero-order valence-electron chi connectivity index (χ0n) is 11.3. The number of methoxy groups -OCH3 is 1. The summed E-state index contributed by atoms with van der Waals surface area (Å²) in [4.78, 5) is 25.4. The number of para-hydroxylation sites is 1. The van der Waals surface area contributed by atoms with Crippen molar-refractivity contribution in [2.75, 3.05) is 18.6 Å². The van der Waals surface area contributed by atoms with E-state index in [-0.39, 0.29) is 30.1 Å². The van der Waals surface area contributed by atoms with Crippen molar-refractivity contribution in [3.8, 4) is 6.07 Å². The van der Waals surface area contributed by atoms with Gasteiger partial charge in [-0.3, -0.25) is 9.59 Å². The molecule has 1 aliphatic rings. The van der Waals surface area contributed by atoms with Crippen molar-refractivity contribution in [1.29, 1.82) is 5.26 Å². The van der Waals surface area contributed by atoms with Crippen molar-refractivity contribution < 1.29 is 14.3 Å². The first-order chi connectivity index (χ1) is 9.69. The highest BCUT2D eigenvalue weighted by Gasteiger charge is 2.50. The Bertz CT molecular complexity index is 536. The summed E-state index contributed by atoms with van der Waals surface area (Å²) in [6, 6.07) is 11.2. The van der Waals surface area contributed by atoms with E-state index in [1.165, 1.54) is 7.11 Å². The van der Waals surface area contributed by atoms with Gasteiger partial charge in [-0.25, -0.2) is 0 Å². The Morgan fingerprint density at radius 3 is 2.65 bits per heavy atom.